The zero-order valence-electron chi connectivity index (χ0n) is 12.4. The van der Waals surface area contributed by atoms with Crippen molar-refractivity contribution < 1.29 is 9.57 Å². The van der Waals surface area contributed by atoms with E-state index in [1.807, 2.05) is 18.2 Å². The molecule has 0 amide bonds. The number of hydrogen-bond acceptors (Lipinski definition) is 3. The molecule has 110 valence electrons. The summed E-state index contributed by atoms with van der Waals surface area (Å²) in [5, 5.41) is 4.25. The molecule has 3 heteroatoms. The van der Waals surface area contributed by atoms with E-state index >= 15 is 0 Å². The Hall–Kier alpha value is -2.03. The van der Waals surface area contributed by atoms with E-state index in [9.17, 15) is 0 Å². The number of oxime groups is 1. The van der Waals surface area contributed by atoms with Crippen LogP contribution in [0, 0.1) is 0 Å². The normalized spacial score (nSPS) is 20.7. The van der Waals surface area contributed by atoms with Crippen LogP contribution in [0.25, 0.3) is 0 Å². The van der Waals surface area contributed by atoms with Gasteiger partial charge in [-0.25, -0.2) is 0 Å². The van der Waals surface area contributed by atoms with E-state index in [-0.39, 0.29) is 6.10 Å². The Bertz CT molecular complexity index is 587. The van der Waals surface area contributed by atoms with Crippen molar-refractivity contribution in [2.75, 3.05) is 7.11 Å². The standard InChI is InChI=1S/C18H21NO2/c1-20-16-9-5-8-15(12-16)18-13-17(21-19-18)11-10-14-6-3-2-4-7-14/h3,5-9,12,17H,2,4,10-11,13H2,1H3. The van der Waals surface area contributed by atoms with Gasteiger partial charge in [0.05, 0.1) is 12.8 Å². The van der Waals surface area contributed by atoms with Crippen molar-refractivity contribution in [3.05, 3.63) is 53.6 Å². The van der Waals surface area contributed by atoms with Gasteiger partial charge in [-0.3, -0.25) is 0 Å². The predicted molar refractivity (Wildman–Crippen MR) is 84.7 cm³/mol. The minimum absolute atomic E-state index is 0.197. The van der Waals surface area contributed by atoms with Gasteiger partial charge in [-0.1, -0.05) is 41.1 Å². The number of ether oxygens (including phenoxy) is 1. The fraction of sp³-hybridized carbons (Fsp3) is 0.389. The Balaban J connectivity index is 1.54. The molecular weight excluding hydrogens is 262 g/mol. The highest BCUT2D eigenvalue weighted by Crippen LogP contribution is 2.24. The van der Waals surface area contributed by atoms with Crippen LogP contribution in [0.4, 0.5) is 0 Å². The Morgan fingerprint density at radius 1 is 1.33 bits per heavy atom. The summed E-state index contributed by atoms with van der Waals surface area (Å²) in [7, 11) is 1.68. The van der Waals surface area contributed by atoms with E-state index in [0.717, 1.165) is 36.3 Å². The third-order valence-electron chi connectivity index (χ3n) is 3.96. The summed E-state index contributed by atoms with van der Waals surface area (Å²) in [5.41, 5.74) is 3.54. The molecule has 0 saturated heterocycles. The first kappa shape index (κ1) is 13.9. The van der Waals surface area contributed by atoms with Crippen LogP contribution in [0.3, 0.4) is 0 Å². The van der Waals surface area contributed by atoms with Crippen LogP contribution in [0.1, 0.15) is 37.7 Å². The maximum absolute atomic E-state index is 5.58. The van der Waals surface area contributed by atoms with Crippen LogP contribution in [-0.2, 0) is 4.84 Å². The molecule has 0 fully saturated rings. The lowest BCUT2D eigenvalue weighted by Crippen LogP contribution is -2.09. The largest absolute Gasteiger partial charge is 0.497 e. The van der Waals surface area contributed by atoms with Crippen molar-refractivity contribution >= 4 is 5.71 Å². The van der Waals surface area contributed by atoms with Crippen molar-refractivity contribution in [3.8, 4) is 5.75 Å². The maximum atomic E-state index is 5.58. The second-order valence-corrected chi connectivity index (χ2v) is 5.50. The molecule has 0 spiro atoms. The Morgan fingerprint density at radius 3 is 3.10 bits per heavy atom. The molecule has 3 nitrogen and oxygen atoms in total. The molecule has 3 rings (SSSR count). The summed E-state index contributed by atoms with van der Waals surface area (Å²) in [6, 6.07) is 8.00. The lowest BCUT2D eigenvalue weighted by molar-refractivity contribution is 0.0795. The van der Waals surface area contributed by atoms with E-state index in [0.29, 0.717) is 0 Å². The summed E-state index contributed by atoms with van der Waals surface area (Å²) < 4.78 is 5.26. The van der Waals surface area contributed by atoms with Gasteiger partial charge in [0.25, 0.3) is 0 Å². The van der Waals surface area contributed by atoms with Gasteiger partial charge in [0.2, 0.25) is 0 Å². The molecule has 0 radical (unpaired) electrons. The van der Waals surface area contributed by atoms with Gasteiger partial charge in [0.15, 0.2) is 0 Å². The second-order valence-electron chi connectivity index (χ2n) is 5.50. The zero-order valence-corrected chi connectivity index (χ0v) is 12.4. The molecule has 1 aromatic carbocycles. The van der Waals surface area contributed by atoms with Gasteiger partial charge < -0.3 is 9.57 Å². The van der Waals surface area contributed by atoms with Crippen LogP contribution in [0.15, 0.2) is 53.2 Å². The van der Waals surface area contributed by atoms with E-state index in [1.54, 1.807) is 7.11 Å². The molecule has 0 N–H and O–H groups in total. The first-order valence-corrected chi connectivity index (χ1v) is 7.58. The third kappa shape index (κ3) is 3.54. The molecule has 1 aromatic rings. The summed E-state index contributed by atoms with van der Waals surface area (Å²) in [6.07, 6.45) is 12.3. The molecule has 0 saturated carbocycles. The Kier molecular flexibility index (Phi) is 4.39. The van der Waals surface area contributed by atoms with E-state index < -0.39 is 0 Å². The maximum Gasteiger partial charge on any atom is 0.133 e. The van der Waals surface area contributed by atoms with Gasteiger partial charge in [-0.2, -0.15) is 0 Å². The van der Waals surface area contributed by atoms with Crippen molar-refractivity contribution in [1.29, 1.82) is 0 Å². The summed E-state index contributed by atoms with van der Waals surface area (Å²) in [5.74, 6) is 0.858. The number of methoxy groups -OCH3 is 1. The summed E-state index contributed by atoms with van der Waals surface area (Å²) >= 11 is 0. The summed E-state index contributed by atoms with van der Waals surface area (Å²) in [6.45, 7) is 0. The first-order chi connectivity index (χ1) is 10.3. The zero-order chi connectivity index (χ0) is 14.5. The van der Waals surface area contributed by atoms with E-state index in [2.05, 4.69) is 29.5 Å². The minimum Gasteiger partial charge on any atom is -0.497 e. The number of benzene rings is 1. The average molecular weight is 283 g/mol. The Morgan fingerprint density at radius 2 is 2.29 bits per heavy atom. The molecule has 0 aromatic heterocycles. The first-order valence-electron chi connectivity index (χ1n) is 7.58. The van der Waals surface area contributed by atoms with Crippen LogP contribution >= 0.6 is 0 Å². The molecule has 21 heavy (non-hydrogen) atoms. The molecule has 0 bridgehead atoms. The van der Waals surface area contributed by atoms with Crippen molar-refractivity contribution in [3.63, 3.8) is 0 Å². The van der Waals surface area contributed by atoms with Gasteiger partial charge in [0, 0.05) is 12.0 Å². The molecule has 1 aliphatic heterocycles. The predicted octanol–water partition coefficient (Wildman–Crippen LogP) is 4.24. The van der Waals surface area contributed by atoms with Crippen molar-refractivity contribution in [2.45, 2.75) is 38.2 Å². The topological polar surface area (TPSA) is 30.8 Å². The van der Waals surface area contributed by atoms with Crippen molar-refractivity contribution in [1.82, 2.24) is 0 Å². The highest BCUT2D eigenvalue weighted by Gasteiger charge is 2.22. The van der Waals surface area contributed by atoms with Crippen LogP contribution < -0.4 is 4.74 Å². The highest BCUT2D eigenvalue weighted by atomic mass is 16.6. The molecule has 1 atom stereocenters. The third-order valence-corrected chi connectivity index (χ3v) is 3.96. The fourth-order valence-electron chi connectivity index (χ4n) is 2.74. The number of hydrogen-bond donors (Lipinski definition) is 0. The Labute approximate surface area is 125 Å². The van der Waals surface area contributed by atoms with Gasteiger partial charge in [-0.05, 0) is 37.8 Å². The van der Waals surface area contributed by atoms with Gasteiger partial charge >= 0.3 is 0 Å². The van der Waals surface area contributed by atoms with Crippen LogP contribution in [0.5, 0.6) is 5.75 Å². The van der Waals surface area contributed by atoms with Crippen LogP contribution in [0.2, 0.25) is 0 Å². The average Bonchev–Trinajstić information content (AvgIpc) is 3.03. The lowest BCUT2D eigenvalue weighted by Gasteiger charge is -2.10. The SMILES string of the molecule is COc1cccc(C2=NOC(CCC3=CCCC=C3)C2)c1. The summed E-state index contributed by atoms with van der Waals surface area (Å²) in [4.78, 5) is 5.58. The number of rotatable bonds is 5. The van der Waals surface area contributed by atoms with Gasteiger partial charge in [-0.15, -0.1) is 0 Å². The quantitative estimate of drug-likeness (QED) is 0.809. The lowest BCUT2D eigenvalue weighted by atomic mass is 9.98. The van der Waals surface area contributed by atoms with Gasteiger partial charge in [0.1, 0.15) is 11.9 Å². The second kappa shape index (κ2) is 6.61. The number of allylic oxidation sites excluding steroid dienone is 4. The van der Waals surface area contributed by atoms with Crippen LogP contribution in [-0.4, -0.2) is 18.9 Å². The fourth-order valence-corrected chi connectivity index (χ4v) is 2.74. The molecule has 1 heterocycles. The molecule has 1 unspecified atom stereocenters. The molecular formula is C18H21NO2. The van der Waals surface area contributed by atoms with E-state index in [4.69, 9.17) is 9.57 Å². The number of nitrogens with zero attached hydrogens (tertiary/aromatic N) is 1. The monoisotopic (exact) mass is 283 g/mol. The highest BCUT2D eigenvalue weighted by molar-refractivity contribution is 6.01. The van der Waals surface area contributed by atoms with Crippen molar-refractivity contribution in [2.24, 2.45) is 5.16 Å². The smallest absolute Gasteiger partial charge is 0.133 e. The minimum atomic E-state index is 0.197. The molecule has 1 aliphatic carbocycles. The molecule has 2 aliphatic rings. The van der Waals surface area contributed by atoms with E-state index in [1.165, 1.54) is 18.4 Å².